The lowest BCUT2D eigenvalue weighted by atomic mass is 9.97. The van der Waals surface area contributed by atoms with Gasteiger partial charge in [-0.15, -0.1) is 0 Å². The highest BCUT2D eigenvalue weighted by Gasteiger charge is 2.02. The van der Waals surface area contributed by atoms with Crippen LogP contribution in [0.25, 0.3) is 0 Å². The van der Waals surface area contributed by atoms with Gasteiger partial charge in [-0.25, -0.2) is 0 Å². The number of rotatable bonds is 33. The van der Waals surface area contributed by atoms with E-state index in [1.807, 2.05) is 0 Å². The van der Waals surface area contributed by atoms with Gasteiger partial charge in [0.2, 0.25) is 0 Å². The molecule has 40 heavy (non-hydrogen) atoms. The molecule has 0 bridgehead atoms. The van der Waals surface area contributed by atoms with Crippen molar-refractivity contribution in [3.8, 4) is 0 Å². The van der Waals surface area contributed by atoms with Gasteiger partial charge in [0.25, 0.3) is 0 Å². The Hall–Kier alpha value is -1.32. The van der Waals surface area contributed by atoms with Gasteiger partial charge < -0.3 is 10.2 Å². The fourth-order valence-corrected chi connectivity index (χ4v) is 5.64. The summed E-state index contributed by atoms with van der Waals surface area (Å²) < 4.78 is 0. The molecule has 0 fully saturated rings. The Labute approximate surface area is 249 Å². The van der Waals surface area contributed by atoms with Crippen molar-refractivity contribution in [2.75, 3.05) is 0 Å². The number of carboxylic acid groups (broad SMARTS) is 2. The van der Waals surface area contributed by atoms with Crippen LogP contribution < -0.4 is 0 Å². The minimum Gasteiger partial charge on any atom is -0.481 e. The maximum absolute atomic E-state index is 10.7. The second kappa shape index (κ2) is 32.2. The summed E-state index contributed by atoms with van der Waals surface area (Å²) >= 11 is 0. The molecular weight excluding hydrogens is 496 g/mol. The molecule has 0 unspecified atom stereocenters. The molecule has 0 aromatic carbocycles. The van der Waals surface area contributed by atoms with Crippen LogP contribution >= 0.6 is 0 Å². The Morgan fingerprint density at radius 2 is 0.675 bits per heavy atom. The summed E-state index contributed by atoms with van der Waals surface area (Å²) in [5, 5.41) is 17.4. The van der Waals surface area contributed by atoms with Gasteiger partial charge >= 0.3 is 11.9 Å². The molecule has 0 aliphatic rings. The Balaban J connectivity index is 3.78. The van der Waals surface area contributed by atoms with E-state index in [1.54, 1.807) is 5.57 Å². The molecule has 0 atom stereocenters. The lowest BCUT2D eigenvalue weighted by Crippen LogP contribution is -1.93. The van der Waals surface area contributed by atoms with Crippen molar-refractivity contribution in [3.63, 3.8) is 0 Å². The molecule has 0 spiro atoms. The van der Waals surface area contributed by atoms with Crippen LogP contribution in [0.5, 0.6) is 0 Å². The van der Waals surface area contributed by atoms with Gasteiger partial charge in [-0.3, -0.25) is 9.59 Å². The summed E-state index contributed by atoms with van der Waals surface area (Å²) in [6.45, 7) is 2.28. The third kappa shape index (κ3) is 32.9. The molecule has 0 amide bonds. The number of aliphatic carboxylic acids is 2. The first kappa shape index (κ1) is 38.7. The molecule has 4 heteroatoms. The smallest absolute Gasteiger partial charge is 0.303 e. The summed E-state index contributed by atoms with van der Waals surface area (Å²) in [6, 6.07) is 0. The SMILES string of the molecule is CCCCCCCCC=C(CCCCCCCCCCCCCCCCCC(=O)O)CCCCCCCC(=O)O. The topological polar surface area (TPSA) is 74.6 Å². The van der Waals surface area contributed by atoms with Gasteiger partial charge in [-0.2, -0.15) is 0 Å². The lowest BCUT2D eigenvalue weighted by molar-refractivity contribution is -0.138. The highest BCUT2D eigenvalue weighted by atomic mass is 16.4. The predicted octanol–water partition coefficient (Wildman–Crippen LogP) is 12.2. The average Bonchev–Trinajstić information content (AvgIpc) is 2.92. The molecule has 236 valence electrons. The molecule has 0 saturated heterocycles. The van der Waals surface area contributed by atoms with E-state index in [4.69, 9.17) is 10.2 Å². The molecule has 0 aromatic heterocycles. The van der Waals surface area contributed by atoms with Gasteiger partial charge in [0.1, 0.15) is 0 Å². The summed E-state index contributed by atoms with van der Waals surface area (Å²) in [5.74, 6) is -1.32. The molecule has 0 heterocycles. The first-order chi connectivity index (χ1) is 19.6. The number of allylic oxidation sites excluding steroid dienone is 2. The van der Waals surface area contributed by atoms with Crippen LogP contribution in [0, 0.1) is 0 Å². The number of unbranched alkanes of at least 4 members (excludes halogenated alkanes) is 24. The fourth-order valence-electron chi connectivity index (χ4n) is 5.64. The molecule has 0 rings (SSSR count). The molecule has 0 aromatic rings. The van der Waals surface area contributed by atoms with Crippen LogP contribution in [-0.4, -0.2) is 22.2 Å². The van der Waals surface area contributed by atoms with E-state index in [-0.39, 0.29) is 0 Å². The van der Waals surface area contributed by atoms with Crippen molar-refractivity contribution in [2.45, 2.75) is 206 Å². The van der Waals surface area contributed by atoms with Crippen LogP contribution in [0.1, 0.15) is 206 Å². The van der Waals surface area contributed by atoms with Crippen LogP contribution in [0.2, 0.25) is 0 Å². The monoisotopic (exact) mass is 565 g/mol. The summed E-state index contributed by atoms with van der Waals surface area (Å²) in [5.41, 5.74) is 1.69. The fraction of sp³-hybridized carbons (Fsp3) is 0.889. The Bertz CT molecular complexity index is 583. The van der Waals surface area contributed by atoms with E-state index in [0.717, 1.165) is 25.7 Å². The minimum absolute atomic E-state index is 0.323. The van der Waals surface area contributed by atoms with E-state index in [1.165, 1.54) is 161 Å². The van der Waals surface area contributed by atoms with Gasteiger partial charge in [0.05, 0.1) is 0 Å². The maximum atomic E-state index is 10.7. The average molecular weight is 565 g/mol. The van der Waals surface area contributed by atoms with E-state index < -0.39 is 11.9 Å². The number of carboxylic acids is 2. The van der Waals surface area contributed by atoms with Crippen LogP contribution in [0.15, 0.2) is 11.6 Å². The summed E-state index contributed by atoms with van der Waals surface area (Å²) in [4.78, 5) is 21.2. The van der Waals surface area contributed by atoms with Crippen molar-refractivity contribution in [3.05, 3.63) is 11.6 Å². The number of hydrogen-bond acceptors (Lipinski definition) is 2. The number of carbonyl (C=O) groups is 2. The van der Waals surface area contributed by atoms with E-state index in [9.17, 15) is 9.59 Å². The van der Waals surface area contributed by atoms with Crippen molar-refractivity contribution in [2.24, 2.45) is 0 Å². The van der Waals surface area contributed by atoms with Gasteiger partial charge in [-0.1, -0.05) is 153 Å². The molecular formula is C36H68O4. The van der Waals surface area contributed by atoms with Gasteiger partial charge in [0, 0.05) is 12.8 Å². The van der Waals surface area contributed by atoms with Crippen molar-refractivity contribution in [1.82, 2.24) is 0 Å². The van der Waals surface area contributed by atoms with Gasteiger partial charge in [-0.05, 0) is 51.4 Å². The van der Waals surface area contributed by atoms with E-state index in [2.05, 4.69) is 13.0 Å². The van der Waals surface area contributed by atoms with E-state index in [0.29, 0.717) is 12.8 Å². The second-order valence-corrected chi connectivity index (χ2v) is 12.3. The van der Waals surface area contributed by atoms with Crippen LogP contribution in [-0.2, 0) is 9.59 Å². The first-order valence-corrected chi connectivity index (χ1v) is 17.7. The zero-order chi connectivity index (χ0) is 29.4. The normalized spacial score (nSPS) is 11.8. The highest BCUT2D eigenvalue weighted by Crippen LogP contribution is 2.21. The Kier molecular flexibility index (Phi) is 31.1. The Morgan fingerprint density at radius 3 is 1.00 bits per heavy atom. The third-order valence-electron chi connectivity index (χ3n) is 8.27. The molecule has 0 aliphatic heterocycles. The molecule has 2 N–H and O–H groups in total. The molecule has 0 saturated carbocycles. The summed E-state index contributed by atoms with van der Waals surface area (Å²) in [7, 11) is 0. The molecule has 0 aliphatic carbocycles. The summed E-state index contributed by atoms with van der Waals surface area (Å²) in [6.07, 6.45) is 40.2. The van der Waals surface area contributed by atoms with Crippen LogP contribution in [0.4, 0.5) is 0 Å². The molecule has 0 radical (unpaired) electrons. The number of hydrogen-bond donors (Lipinski definition) is 2. The second-order valence-electron chi connectivity index (χ2n) is 12.3. The predicted molar refractivity (Wildman–Crippen MR) is 172 cm³/mol. The van der Waals surface area contributed by atoms with Crippen LogP contribution in [0.3, 0.4) is 0 Å². The Morgan fingerprint density at radius 1 is 0.400 bits per heavy atom. The van der Waals surface area contributed by atoms with Gasteiger partial charge in [0.15, 0.2) is 0 Å². The van der Waals surface area contributed by atoms with Crippen molar-refractivity contribution < 1.29 is 19.8 Å². The van der Waals surface area contributed by atoms with Crippen molar-refractivity contribution in [1.29, 1.82) is 0 Å². The molecule has 4 nitrogen and oxygen atoms in total. The maximum Gasteiger partial charge on any atom is 0.303 e. The lowest BCUT2D eigenvalue weighted by Gasteiger charge is -2.09. The van der Waals surface area contributed by atoms with Crippen molar-refractivity contribution >= 4 is 11.9 Å². The minimum atomic E-state index is -0.661. The zero-order valence-corrected chi connectivity index (χ0v) is 26.7. The standard InChI is InChI=1S/C36H68O4/c1-2-3-4-5-15-19-24-29-34(31-26-21-18-23-28-33-36(39)40)30-25-20-16-13-11-9-7-6-8-10-12-14-17-22-27-32-35(37)38/h29H,2-28,30-33H2,1H3,(H,37,38)(H,39,40). The van der Waals surface area contributed by atoms with E-state index >= 15 is 0 Å². The largest absolute Gasteiger partial charge is 0.481 e. The first-order valence-electron chi connectivity index (χ1n) is 17.7. The third-order valence-corrected chi connectivity index (χ3v) is 8.27. The zero-order valence-electron chi connectivity index (χ0n) is 26.7. The quantitative estimate of drug-likeness (QED) is 0.0614. The highest BCUT2D eigenvalue weighted by molar-refractivity contribution is 5.66.